The highest BCUT2D eigenvalue weighted by atomic mass is 19.4. The van der Waals surface area contributed by atoms with E-state index >= 15 is 0 Å². The molecule has 0 N–H and O–H groups in total. The Hall–Kier alpha value is -2.33. The normalized spacial score (nSPS) is 11.2. The van der Waals surface area contributed by atoms with E-state index in [0.29, 0.717) is 10.9 Å². The van der Waals surface area contributed by atoms with Crippen LogP contribution in [0, 0.1) is 24.7 Å². The Kier molecular flexibility index (Phi) is 3.27. The zero-order valence-corrected chi connectivity index (χ0v) is 9.96. The summed E-state index contributed by atoms with van der Waals surface area (Å²) in [5.41, 5.74) is -0.177. The first-order valence-electron chi connectivity index (χ1n) is 5.55. The number of nitrogens with zero attached hydrogens (tertiary/aromatic N) is 1. The molecule has 0 aliphatic carbocycles. The highest BCUT2D eigenvalue weighted by Crippen LogP contribution is 2.38. The van der Waals surface area contributed by atoms with Crippen molar-refractivity contribution in [3.63, 3.8) is 0 Å². The molecule has 1 aromatic heterocycles. The Morgan fingerprint density at radius 2 is 1.79 bits per heavy atom. The molecule has 0 fully saturated rings. The van der Waals surface area contributed by atoms with Gasteiger partial charge in [0, 0.05) is 22.9 Å². The Morgan fingerprint density at radius 3 is 2.37 bits per heavy atom. The Bertz CT molecular complexity index is 640. The van der Waals surface area contributed by atoms with Crippen molar-refractivity contribution in [2.75, 3.05) is 0 Å². The SMILES string of the molecule is C#CCc1c(C(F)(F)F)n(CC#C)c2ccccc12. The average Bonchev–Trinajstić information content (AvgIpc) is 2.65. The number of para-hydroxylation sites is 1. The number of fused-ring (bicyclic) bond motifs is 1. The second kappa shape index (κ2) is 4.74. The zero-order valence-electron chi connectivity index (χ0n) is 9.96. The Labute approximate surface area is 109 Å². The summed E-state index contributed by atoms with van der Waals surface area (Å²) in [7, 11) is 0. The van der Waals surface area contributed by atoms with E-state index in [1.807, 2.05) is 0 Å². The van der Waals surface area contributed by atoms with Crippen LogP contribution in [0.15, 0.2) is 24.3 Å². The number of rotatable bonds is 2. The summed E-state index contributed by atoms with van der Waals surface area (Å²) in [6.07, 6.45) is 5.79. The Balaban J connectivity index is 2.89. The molecule has 0 spiro atoms. The lowest BCUT2D eigenvalue weighted by Crippen LogP contribution is -2.15. The minimum Gasteiger partial charge on any atom is -0.325 e. The maximum absolute atomic E-state index is 13.2. The zero-order chi connectivity index (χ0) is 14.0. The van der Waals surface area contributed by atoms with Gasteiger partial charge in [-0.1, -0.05) is 24.1 Å². The van der Waals surface area contributed by atoms with Crippen molar-refractivity contribution >= 4 is 10.9 Å². The van der Waals surface area contributed by atoms with Gasteiger partial charge in [0.25, 0.3) is 0 Å². The summed E-state index contributed by atoms with van der Waals surface area (Å²) < 4.78 is 40.8. The molecule has 1 heterocycles. The lowest BCUT2D eigenvalue weighted by atomic mass is 10.1. The number of alkyl halides is 3. The third kappa shape index (κ3) is 2.18. The van der Waals surface area contributed by atoms with E-state index in [4.69, 9.17) is 12.8 Å². The van der Waals surface area contributed by atoms with Crippen LogP contribution in [0.2, 0.25) is 0 Å². The Morgan fingerprint density at radius 1 is 1.11 bits per heavy atom. The van der Waals surface area contributed by atoms with Crippen molar-refractivity contribution in [3.8, 4) is 24.7 Å². The standard InChI is InChI=1S/C15H10F3N/c1-3-7-12-11-8-5-6-9-13(11)19(10-4-2)14(12)15(16,17)18/h1-2,5-6,8-9H,7,10H2. The fraction of sp³-hybridized carbons (Fsp3) is 0.200. The minimum absolute atomic E-state index is 0.0765. The predicted octanol–water partition coefficient (Wildman–Crippen LogP) is 3.47. The number of aromatic nitrogens is 1. The number of terminal acetylenes is 2. The van der Waals surface area contributed by atoms with Crippen LogP contribution < -0.4 is 0 Å². The van der Waals surface area contributed by atoms with E-state index in [1.54, 1.807) is 24.3 Å². The van der Waals surface area contributed by atoms with Crippen LogP contribution in [0.1, 0.15) is 11.3 Å². The van der Waals surface area contributed by atoms with Gasteiger partial charge >= 0.3 is 6.18 Å². The number of hydrogen-bond donors (Lipinski definition) is 0. The summed E-state index contributed by atoms with van der Waals surface area (Å²) in [5, 5.41) is 0.503. The second-order valence-corrected chi connectivity index (χ2v) is 4.01. The third-order valence-electron chi connectivity index (χ3n) is 2.87. The van der Waals surface area contributed by atoms with Gasteiger partial charge in [-0.15, -0.1) is 18.8 Å². The summed E-state index contributed by atoms with van der Waals surface area (Å²) in [5.74, 6) is 4.53. The molecule has 0 aliphatic heterocycles. The molecule has 0 aliphatic rings. The second-order valence-electron chi connectivity index (χ2n) is 4.01. The fourth-order valence-electron chi connectivity index (χ4n) is 2.24. The molecule has 0 radical (unpaired) electrons. The number of benzene rings is 1. The molecule has 0 amide bonds. The molecule has 2 rings (SSSR count). The van der Waals surface area contributed by atoms with E-state index in [2.05, 4.69) is 11.8 Å². The lowest BCUT2D eigenvalue weighted by Gasteiger charge is -2.12. The van der Waals surface area contributed by atoms with Crippen molar-refractivity contribution < 1.29 is 13.2 Å². The van der Waals surface area contributed by atoms with Gasteiger partial charge in [0.05, 0.1) is 6.54 Å². The molecule has 96 valence electrons. The fourth-order valence-corrected chi connectivity index (χ4v) is 2.24. The van der Waals surface area contributed by atoms with Gasteiger partial charge in [0.15, 0.2) is 0 Å². The smallest absolute Gasteiger partial charge is 0.325 e. The summed E-state index contributed by atoms with van der Waals surface area (Å²) >= 11 is 0. The molecule has 4 heteroatoms. The minimum atomic E-state index is -4.48. The molecule has 0 saturated carbocycles. The van der Waals surface area contributed by atoms with E-state index < -0.39 is 11.9 Å². The van der Waals surface area contributed by atoms with Crippen LogP contribution in [0.25, 0.3) is 10.9 Å². The van der Waals surface area contributed by atoms with Crippen molar-refractivity contribution in [1.29, 1.82) is 0 Å². The van der Waals surface area contributed by atoms with Crippen LogP contribution in [-0.2, 0) is 19.1 Å². The quantitative estimate of drug-likeness (QED) is 0.729. The van der Waals surface area contributed by atoms with Gasteiger partial charge in [-0.25, -0.2) is 0 Å². The first-order valence-corrected chi connectivity index (χ1v) is 5.55. The van der Waals surface area contributed by atoms with Crippen LogP contribution in [0.4, 0.5) is 13.2 Å². The van der Waals surface area contributed by atoms with E-state index in [9.17, 15) is 13.2 Å². The number of halogens is 3. The van der Waals surface area contributed by atoms with Gasteiger partial charge in [-0.2, -0.15) is 13.2 Å². The van der Waals surface area contributed by atoms with E-state index in [1.165, 1.54) is 0 Å². The summed E-state index contributed by atoms with van der Waals surface area (Å²) in [6.45, 7) is -0.139. The average molecular weight is 261 g/mol. The highest BCUT2D eigenvalue weighted by molar-refractivity contribution is 5.86. The van der Waals surface area contributed by atoms with Gasteiger partial charge in [0.2, 0.25) is 0 Å². The summed E-state index contributed by atoms with van der Waals surface area (Å²) in [6, 6.07) is 6.60. The predicted molar refractivity (Wildman–Crippen MR) is 68.3 cm³/mol. The molecule has 0 saturated heterocycles. The van der Waals surface area contributed by atoms with Gasteiger partial charge in [-0.3, -0.25) is 0 Å². The largest absolute Gasteiger partial charge is 0.431 e. The lowest BCUT2D eigenvalue weighted by molar-refractivity contribution is -0.143. The van der Waals surface area contributed by atoms with Crippen molar-refractivity contribution in [3.05, 3.63) is 35.5 Å². The van der Waals surface area contributed by atoms with Crippen LogP contribution in [0.5, 0.6) is 0 Å². The first-order chi connectivity index (χ1) is 9.00. The van der Waals surface area contributed by atoms with Crippen molar-refractivity contribution in [2.45, 2.75) is 19.1 Å². The molecule has 1 nitrogen and oxygen atoms in total. The molecule has 0 atom stereocenters. The molecule has 19 heavy (non-hydrogen) atoms. The third-order valence-corrected chi connectivity index (χ3v) is 2.87. The van der Waals surface area contributed by atoms with Crippen LogP contribution >= 0.6 is 0 Å². The van der Waals surface area contributed by atoms with Crippen LogP contribution in [0.3, 0.4) is 0 Å². The number of hydrogen-bond acceptors (Lipinski definition) is 0. The monoisotopic (exact) mass is 261 g/mol. The molecule has 2 aromatic rings. The first kappa shape index (κ1) is 13.1. The highest BCUT2D eigenvalue weighted by Gasteiger charge is 2.38. The maximum Gasteiger partial charge on any atom is 0.431 e. The van der Waals surface area contributed by atoms with Gasteiger partial charge < -0.3 is 4.57 Å². The van der Waals surface area contributed by atoms with Crippen molar-refractivity contribution in [1.82, 2.24) is 4.57 Å². The van der Waals surface area contributed by atoms with E-state index in [-0.39, 0.29) is 18.5 Å². The van der Waals surface area contributed by atoms with Gasteiger partial charge in [-0.05, 0) is 6.07 Å². The van der Waals surface area contributed by atoms with Gasteiger partial charge in [0.1, 0.15) is 5.69 Å². The molecular formula is C15H10F3N. The van der Waals surface area contributed by atoms with E-state index in [0.717, 1.165) is 4.57 Å². The topological polar surface area (TPSA) is 4.93 Å². The molecule has 0 unspecified atom stereocenters. The molecule has 1 aromatic carbocycles. The summed E-state index contributed by atoms with van der Waals surface area (Å²) in [4.78, 5) is 0. The molecular weight excluding hydrogens is 251 g/mol. The van der Waals surface area contributed by atoms with Crippen LogP contribution in [-0.4, -0.2) is 4.57 Å². The van der Waals surface area contributed by atoms with Crippen molar-refractivity contribution in [2.24, 2.45) is 0 Å². The maximum atomic E-state index is 13.2. The molecule has 0 bridgehead atoms.